The molecule has 28 heavy (non-hydrogen) atoms. The normalized spacial score (nSPS) is 10.9. The number of ether oxygens (including phenoxy) is 1. The number of nitrogens with one attached hydrogen (secondary N) is 1. The van der Waals surface area contributed by atoms with Crippen molar-refractivity contribution in [3.05, 3.63) is 94.4 Å². The van der Waals surface area contributed by atoms with Gasteiger partial charge in [-0.15, -0.1) is 0 Å². The highest BCUT2D eigenvalue weighted by molar-refractivity contribution is 5.89. The van der Waals surface area contributed by atoms with Gasteiger partial charge >= 0.3 is 5.97 Å². The Hall–Kier alpha value is -3.67. The third-order valence-electron chi connectivity index (χ3n) is 4.57. The Labute approximate surface area is 161 Å². The van der Waals surface area contributed by atoms with Crippen molar-refractivity contribution in [3.63, 3.8) is 0 Å². The van der Waals surface area contributed by atoms with E-state index in [0.29, 0.717) is 24.1 Å². The number of hydrogen-bond donors (Lipinski definition) is 1. The Kier molecular flexibility index (Phi) is 4.76. The van der Waals surface area contributed by atoms with Crippen molar-refractivity contribution in [2.24, 2.45) is 0 Å². The fourth-order valence-electron chi connectivity index (χ4n) is 3.24. The minimum atomic E-state index is -0.336. The summed E-state index contributed by atoms with van der Waals surface area (Å²) in [5.74, 6) is -0.336. The number of esters is 1. The molecule has 0 saturated heterocycles. The largest absolute Gasteiger partial charge is 0.462 e. The number of carbonyl (C=O) groups excluding carboxylic acids is 1. The van der Waals surface area contributed by atoms with Crippen molar-refractivity contribution in [2.45, 2.75) is 13.3 Å². The number of aromatic amines is 1. The van der Waals surface area contributed by atoms with Crippen LogP contribution in [0.3, 0.4) is 0 Å². The number of carbonyl (C=O) groups is 1. The topological polar surface area (TPSA) is 76.5 Å². The Morgan fingerprint density at radius 1 is 1.14 bits per heavy atom. The number of fused-ring (bicyclic) bond motifs is 1. The van der Waals surface area contributed by atoms with Gasteiger partial charge in [0.15, 0.2) is 0 Å². The first-order valence-electron chi connectivity index (χ1n) is 9.05. The molecular formula is C22H19N3O3. The first-order chi connectivity index (χ1) is 13.7. The van der Waals surface area contributed by atoms with Crippen LogP contribution in [0, 0.1) is 0 Å². The zero-order valence-electron chi connectivity index (χ0n) is 15.4. The van der Waals surface area contributed by atoms with Crippen molar-refractivity contribution in [1.82, 2.24) is 14.4 Å². The van der Waals surface area contributed by atoms with Crippen LogP contribution in [0.25, 0.3) is 16.6 Å². The van der Waals surface area contributed by atoms with Gasteiger partial charge in [-0.05, 0) is 48.4 Å². The third-order valence-corrected chi connectivity index (χ3v) is 4.57. The van der Waals surface area contributed by atoms with Crippen molar-refractivity contribution in [2.75, 3.05) is 6.61 Å². The van der Waals surface area contributed by atoms with Gasteiger partial charge < -0.3 is 14.1 Å². The monoisotopic (exact) mass is 373 g/mol. The van der Waals surface area contributed by atoms with E-state index in [1.165, 1.54) is 0 Å². The molecule has 4 aromatic rings. The van der Waals surface area contributed by atoms with Crippen LogP contribution in [0.1, 0.15) is 28.5 Å². The number of H-pyrrole nitrogens is 1. The molecule has 4 rings (SSSR count). The number of hydrogen-bond acceptors (Lipinski definition) is 4. The number of nitrogens with zero attached hydrogens (tertiary/aromatic N) is 2. The predicted molar refractivity (Wildman–Crippen MR) is 106 cm³/mol. The highest BCUT2D eigenvalue weighted by Gasteiger charge is 2.11. The highest BCUT2D eigenvalue weighted by atomic mass is 16.5. The zero-order valence-corrected chi connectivity index (χ0v) is 15.4. The molecule has 6 nitrogen and oxygen atoms in total. The second-order valence-corrected chi connectivity index (χ2v) is 6.43. The van der Waals surface area contributed by atoms with Crippen LogP contribution in [0.2, 0.25) is 0 Å². The van der Waals surface area contributed by atoms with E-state index in [4.69, 9.17) is 4.74 Å². The predicted octanol–water partition coefficient (Wildman–Crippen LogP) is 3.46. The highest BCUT2D eigenvalue weighted by Crippen LogP contribution is 2.22. The molecule has 0 spiro atoms. The van der Waals surface area contributed by atoms with Gasteiger partial charge in [0.1, 0.15) is 5.52 Å². The smallest absolute Gasteiger partial charge is 0.338 e. The maximum absolute atomic E-state index is 12.3. The molecule has 0 atom stereocenters. The van der Waals surface area contributed by atoms with E-state index in [1.807, 2.05) is 47.0 Å². The van der Waals surface area contributed by atoms with Crippen LogP contribution in [-0.4, -0.2) is 26.9 Å². The van der Waals surface area contributed by atoms with E-state index in [-0.39, 0.29) is 11.5 Å². The molecule has 0 aliphatic heterocycles. The summed E-state index contributed by atoms with van der Waals surface area (Å²) in [7, 11) is 0. The van der Waals surface area contributed by atoms with Gasteiger partial charge in [-0.2, -0.15) is 0 Å². The van der Waals surface area contributed by atoms with Gasteiger partial charge in [-0.1, -0.05) is 12.1 Å². The van der Waals surface area contributed by atoms with Crippen LogP contribution in [0.4, 0.5) is 0 Å². The van der Waals surface area contributed by atoms with Crippen molar-refractivity contribution in [3.8, 4) is 11.1 Å². The summed E-state index contributed by atoms with van der Waals surface area (Å²) in [5.41, 5.74) is 4.75. The van der Waals surface area contributed by atoms with E-state index in [0.717, 1.165) is 22.4 Å². The van der Waals surface area contributed by atoms with E-state index < -0.39 is 0 Å². The van der Waals surface area contributed by atoms with Gasteiger partial charge in [-0.25, -0.2) is 4.79 Å². The van der Waals surface area contributed by atoms with Crippen molar-refractivity contribution >= 4 is 11.5 Å². The first kappa shape index (κ1) is 17.7. The molecule has 0 fully saturated rings. The summed E-state index contributed by atoms with van der Waals surface area (Å²) in [6, 6.07) is 13.0. The van der Waals surface area contributed by atoms with E-state index in [2.05, 4.69) is 9.97 Å². The van der Waals surface area contributed by atoms with Gasteiger partial charge in [0, 0.05) is 42.5 Å². The summed E-state index contributed by atoms with van der Waals surface area (Å²) in [4.78, 5) is 31.1. The lowest BCUT2D eigenvalue weighted by Gasteiger charge is -2.08. The second kappa shape index (κ2) is 7.52. The van der Waals surface area contributed by atoms with Crippen LogP contribution in [-0.2, 0) is 11.2 Å². The molecule has 1 aromatic carbocycles. The summed E-state index contributed by atoms with van der Waals surface area (Å²) < 4.78 is 6.97. The van der Waals surface area contributed by atoms with E-state index in [9.17, 15) is 9.59 Å². The molecule has 3 aromatic heterocycles. The van der Waals surface area contributed by atoms with E-state index >= 15 is 0 Å². The Morgan fingerprint density at radius 2 is 1.96 bits per heavy atom. The standard InChI is InChI=1S/C22H19N3O3/c1-2-28-22(27)17-5-3-4-15(10-17)11-19-13-24-21(26)20-12-18(14-25(19)20)16-6-8-23-9-7-16/h3-10,12-14H,2,11H2,1H3,(H,24,26). The Bertz CT molecular complexity index is 1190. The molecule has 0 amide bonds. The average molecular weight is 373 g/mol. The number of rotatable bonds is 5. The van der Waals surface area contributed by atoms with Gasteiger partial charge in [0.05, 0.1) is 12.2 Å². The van der Waals surface area contributed by atoms with Gasteiger partial charge in [0.25, 0.3) is 5.56 Å². The van der Waals surface area contributed by atoms with Gasteiger partial charge in [0.2, 0.25) is 0 Å². The van der Waals surface area contributed by atoms with Crippen LogP contribution in [0.15, 0.2) is 72.0 Å². The fourth-order valence-corrected chi connectivity index (χ4v) is 3.24. The first-order valence-corrected chi connectivity index (χ1v) is 9.05. The molecule has 6 heteroatoms. The molecule has 0 saturated carbocycles. The van der Waals surface area contributed by atoms with Crippen molar-refractivity contribution < 1.29 is 9.53 Å². The van der Waals surface area contributed by atoms with Gasteiger partial charge in [-0.3, -0.25) is 9.78 Å². The van der Waals surface area contributed by atoms with Crippen LogP contribution >= 0.6 is 0 Å². The molecule has 0 unspecified atom stereocenters. The molecule has 0 aliphatic carbocycles. The number of benzene rings is 1. The fraction of sp³-hybridized carbons (Fsp3) is 0.136. The quantitative estimate of drug-likeness (QED) is 0.544. The summed E-state index contributed by atoms with van der Waals surface area (Å²) in [5, 5.41) is 0. The molecule has 0 radical (unpaired) electrons. The minimum absolute atomic E-state index is 0.149. The zero-order chi connectivity index (χ0) is 19.5. The van der Waals surface area contributed by atoms with Crippen LogP contribution < -0.4 is 5.56 Å². The molecular weight excluding hydrogens is 354 g/mol. The second-order valence-electron chi connectivity index (χ2n) is 6.43. The maximum atomic E-state index is 12.3. The summed E-state index contributed by atoms with van der Waals surface area (Å²) >= 11 is 0. The molecule has 0 aliphatic rings. The van der Waals surface area contributed by atoms with Crippen molar-refractivity contribution in [1.29, 1.82) is 0 Å². The Morgan fingerprint density at radius 3 is 2.75 bits per heavy atom. The average Bonchev–Trinajstić information content (AvgIpc) is 3.18. The SMILES string of the molecule is CCOC(=O)c1cccc(Cc2c[nH]c(=O)c3cc(-c4ccncc4)cn23)c1. The Balaban J connectivity index is 1.73. The van der Waals surface area contributed by atoms with E-state index in [1.54, 1.807) is 31.6 Å². The number of aromatic nitrogens is 3. The third kappa shape index (κ3) is 3.44. The van der Waals surface area contributed by atoms with Crippen LogP contribution in [0.5, 0.6) is 0 Å². The lowest BCUT2D eigenvalue weighted by molar-refractivity contribution is 0.0526. The number of pyridine rings is 1. The summed E-state index contributed by atoms with van der Waals surface area (Å²) in [6.45, 7) is 2.12. The maximum Gasteiger partial charge on any atom is 0.338 e. The minimum Gasteiger partial charge on any atom is -0.462 e. The lowest BCUT2D eigenvalue weighted by Crippen LogP contribution is -2.12. The molecule has 0 bridgehead atoms. The molecule has 3 heterocycles. The lowest BCUT2D eigenvalue weighted by atomic mass is 10.1. The summed E-state index contributed by atoms with van der Waals surface area (Å²) in [6.07, 6.45) is 7.67. The molecule has 140 valence electrons. The molecule has 1 N–H and O–H groups in total.